The highest BCUT2D eigenvalue weighted by Gasteiger charge is 2.15. The van der Waals surface area contributed by atoms with Crippen molar-refractivity contribution >= 4 is 57.3 Å². The molecule has 0 aliphatic heterocycles. The molecule has 0 aliphatic carbocycles. The fourth-order valence-corrected chi connectivity index (χ4v) is 4.43. The molecule has 6 N–H and O–H groups in total. The first kappa shape index (κ1) is 25.3. The van der Waals surface area contributed by atoms with E-state index in [0.29, 0.717) is 30.2 Å². The van der Waals surface area contributed by atoms with E-state index >= 15 is 0 Å². The number of hydrogen-bond donors (Lipinski definition) is 4. The van der Waals surface area contributed by atoms with Crippen LogP contribution in [0.15, 0.2) is 34.0 Å². The summed E-state index contributed by atoms with van der Waals surface area (Å²) in [5, 5.41) is 11.8. The lowest BCUT2D eigenvalue weighted by Crippen LogP contribution is -2.21. The molecule has 180 valence electrons. The average molecular weight is 500 g/mol. The van der Waals surface area contributed by atoms with Crippen molar-refractivity contribution in [2.45, 2.75) is 40.8 Å². The summed E-state index contributed by atoms with van der Waals surface area (Å²) in [6.45, 7) is 8.34. The molecule has 2 heterocycles. The number of nitrogens with zero attached hydrogens (tertiary/aromatic N) is 3. The number of hydrogen-bond acceptors (Lipinski definition) is 9. The number of thiazole rings is 2. The number of benzene rings is 1. The largest absolute Gasteiger partial charge is 0.378 e. The molecule has 0 saturated heterocycles. The van der Waals surface area contributed by atoms with E-state index in [-0.39, 0.29) is 29.4 Å². The van der Waals surface area contributed by atoms with Crippen LogP contribution < -0.4 is 22.1 Å². The van der Waals surface area contributed by atoms with Gasteiger partial charge in [-0.1, -0.05) is 27.7 Å². The molecule has 3 aromatic rings. The van der Waals surface area contributed by atoms with Crippen LogP contribution in [0, 0.1) is 11.8 Å². The van der Waals surface area contributed by atoms with Gasteiger partial charge in [0.25, 0.3) is 0 Å². The Kier molecular flexibility index (Phi) is 8.35. The molecule has 1 aromatic carbocycles. The van der Waals surface area contributed by atoms with Crippen LogP contribution in [0.5, 0.6) is 0 Å². The van der Waals surface area contributed by atoms with E-state index < -0.39 is 0 Å². The molecule has 0 radical (unpaired) electrons. The Balaban J connectivity index is 1.72. The lowest BCUT2D eigenvalue weighted by molar-refractivity contribution is 0.0928. The summed E-state index contributed by atoms with van der Waals surface area (Å²) in [6.07, 6.45) is 0. The Morgan fingerprint density at radius 1 is 0.853 bits per heavy atom. The SMILES string of the molecule is CC(C)C(=O)c1csc(CNc2cc(N=C(N)N)cc(NCc3nc(C(=O)C(C)C)cs3)c2)n1. The number of ketones is 2. The van der Waals surface area contributed by atoms with Crippen molar-refractivity contribution < 1.29 is 9.59 Å². The summed E-state index contributed by atoms with van der Waals surface area (Å²) in [6, 6.07) is 5.57. The second-order valence-corrected chi connectivity index (χ2v) is 10.2. The summed E-state index contributed by atoms with van der Waals surface area (Å²) in [4.78, 5) is 37.3. The van der Waals surface area contributed by atoms with Crippen LogP contribution in [-0.4, -0.2) is 27.5 Å². The van der Waals surface area contributed by atoms with E-state index in [1.807, 2.05) is 45.9 Å². The number of nitrogens with one attached hydrogen (secondary N) is 2. The molecule has 0 amide bonds. The first-order chi connectivity index (χ1) is 16.1. The van der Waals surface area contributed by atoms with Crippen molar-refractivity contribution in [2.24, 2.45) is 28.3 Å². The predicted molar refractivity (Wildman–Crippen MR) is 139 cm³/mol. The van der Waals surface area contributed by atoms with Crippen molar-refractivity contribution in [1.82, 2.24) is 9.97 Å². The zero-order valence-electron chi connectivity index (χ0n) is 19.6. The quantitative estimate of drug-likeness (QED) is 0.172. The van der Waals surface area contributed by atoms with Gasteiger partial charge in [0.2, 0.25) is 0 Å². The molecule has 34 heavy (non-hydrogen) atoms. The van der Waals surface area contributed by atoms with Crippen LogP contribution in [-0.2, 0) is 13.1 Å². The smallest absolute Gasteiger partial charge is 0.191 e. The molecule has 11 heteroatoms. The molecular formula is C23H29N7O2S2. The number of rotatable bonds is 11. The fraction of sp³-hybridized carbons (Fsp3) is 0.348. The van der Waals surface area contributed by atoms with Gasteiger partial charge < -0.3 is 22.1 Å². The molecular weight excluding hydrogens is 470 g/mol. The number of carbonyl (C=O) groups excluding carboxylic acids is 2. The van der Waals surface area contributed by atoms with Gasteiger partial charge in [0, 0.05) is 34.0 Å². The second kappa shape index (κ2) is 11.2. The van der Waals surface area contributed by atoms with Crippen LogP contribution >= 0.6 is 22.7 Å². The number of aliphatic imine (C=N–C) groups is 1. The highest BCUT2D eigenvalue weighted by Crippen LogP contribution is 2.27. The molecule has 0 fully saturated rings. The van der Waals surface area contributed by atoms with Gasteiger partial charge in [-0.05, 0) is 18.2 Å². The molecule has 0 bridgehead atoms. The maximum atomic E-state index is 12.1. The number of Topliss-reactive ketones (excluding diaryl/α,β-unsaturated/α-hetero) is 2. The zero-order valence-corrected chi connectivity index (χ0v) is 21.2. The molecule has 2 aromatic heterocycles. The fourth-order valence-electron chi connectivity index (χ4n) is 2.99. The van der Waals surface area contributed by atoms with Crippen molar-refractivity contribution in [1.29, 1.82) is 0 Å². The predicted octanol–water partition coefficient (Wildman–Crippen LogP) is 4.41. The normalized spacial score (nSPS) is 11.0. The Morgan fingerprint density at radius 3 is 1.68 bits per heavy atom. The third kappa shape index (κ3) is 6.84. The van der Waals surface area contributed by atoms with E-state index in [9.17, 15) is 9.59 Å². The summed E-state index contributed by atoms with van der Waals surface area (Å²) < 4.78 is 0. The molecule has 3 rings (SSSR count). The van der Waals surface area contributed by atoms with E-state index in [2.05, 4.69) is 25.6 Å². The first-order valence-corrected chi connectivity index (χ1v) is 12.6. The zero-order chi connectivity index (χ0) is 24.8. The number of anilines is 2. The van der Waals surface area contributed by atoms with Gasteiger partial charge in [0.05, 0.1) is 18.8 Å². The molecule has 0 unspecified atom stereocenters. The summed E-state index contributed by atoms with van der Waals surface area (Å²) in [5.41, 5.74) is 14.3. The maximum absolute atomic E-state index is 12.1. The van der Waals surface area contributed by atoms with E-state index in [0.717, 1.165) is 21.4 Å². The topological polar surface area (TPSA) is 148 Å². The lowest BCUT2D eigenvalue weighted by Gasteiger charge is -2.11. The highest BCUT2D eigenvalue weighted by atomic mass is 32.1. The van der Waals surface area contributed by atoms with Gasteiger partial charge in [0.1, 0.15) is 21.4 Å². The Hall–Kier alpha value is -3.31. The Morgan fingerprint density at radius 2 is 1.29 bits per heavy atom. The van der Waals surface area contributed by atoms with Crippen molar-refractivity contribution in [3.05, 3.63) is 50.4 Å². The van der Waals surface area contributed by atoms with Crippen molar-refractivity contribution in [3.8, 4) is 0 Å². The maximum Gasteiger partial charge on any atom is 0.191 e. The van der Waals surface area contributed by atoms with Crippen LogP contribution in [0.3, 0.4) is 0 Å². The minimum Gasteiger partial charge on any atom is -0.378 e. The number of guanidine groups is 1. The van der Waals surface area contributed by atoms with Crippen LogP contribution in [0.2, 0.25) is 0 Å². The number of nitrogens with two attached hydrogens (primary N) is 2. The minimum absolute atomic E-state index is 0.0316. The number of carbonyl (C=O) groups is 2. The van der Waals surface area contributed by atoms with Gasteiger partial charge in [0.15, 0.2) is 17.5 Å². The van der Waals surface area contributed by atoms with E-state index in [1.165, 1.54) is 22.7 Å². The Bertz CT molecular complexity index is 1110. The molecule has 9 nitrogen and oxygen atoms in total. The summed E-state index contributed by atoms with van der Waals surface area (Å²) >= 11 is 2.87. The first-order valence-electron chi connectivity index (χ1n) is 10.8. The second-order valence-electron chi connectivity index (χ2n) is 8.30. The average Bonchev–Trinajstić information content (AvgIpc) is 3.44. The third-order valence-corrected chi connectivity index (χ3v) is 6.42. The molecule has 0 saturated carbocycles. The van der Waals surface area contributed by atoms with Gasteiger partial charge in [-0.15, -0.1) is 22.7 Å². The summed E-state index contributed by atoms with van der Waals surface area (Å²) in [7, 11) is 0. The third-order valence-electron chi connectivity index (χ3n) is 4.72. The molecule has 0 atom stereocenters. The minimum atomic E-state index is -0.0924. The van der Waals surface area contributed by atoms with Crippen LogP contribution in [0.25, 0.3) is 0 Å². The van der Waals surface area contributed by atoms with Crippen LogP contribution in [0.1, 0.15) is 58.7 Å². The molecule has 0 spiro atoms. The Labute approximate surface area is 206 Å². The molecule has 0 aliphatic rings. The number of aromatic nitrogens is 2. The van der Waals surface area contributed by atoms with Gasteiger partial charge in [-0.3, -0.25) is 9.59 Å². The van der Waals surface area contributed by atoms with Gasteiger partial charge >= 0.3 is 0 Å². The van der Waals surface area contributed by atoms with Crippen molar-refractivity contribution in [3.63, 3.8) is 0 Å². The highest BCUT2D eigenvalue weighted by molar-refractivity contribution is 7.10. The monoisotopic (exact) mass is 499 g/mol. The standard InChI is InChI=1S/C23H29N7O2S2/c1-12(2)21(31)17-10-33-19(29-17)8-26-14-5-15(7-16(6-14)28-23(24)25)27-9-20-30-18(11-34-20)22(32)13(3)4/h5-7,10-13,26-27H,8-9H2,1-4H3,(H4,24,25,28). The lowest BCUT2D eigenvalue weighted by atomic mass is 10.1. The van der Waals surface area contributed by atoms with Gasteiger partial charge in [-0.25, -0.2) is 15.0 Å². The van der Waals surface area contributed by atoms with Crippen molar-refractivity contribution in [2.75, 3.05) is 10.6 Å². The van der Waals surface area contributed by atoms with Crippen LogP contribution in [0.4, 0.5) is 17.1 Å². The summed E-state index contributed by atoms with van der Waals surface area (Å²) in [5.74, 6) is -0.166. The van der Waals surface area contributed by atoms with Gasteiger partial charge in [-0.2, -0.15) is 0 Å². The van der Waals surface area contributed by atoms with E-state index in [1.54, 1.807) is 10.8 Å². The van der Waals surface area contributed by atoms with E-state index in [4.69, 9.17) is 11.5 Å².